The third-order valence-electron chi connectivity index (χ3n) is 8.39. The zero-order valence-corrected chi connectivity index (χ0v) is 32.0. The van der Waals surface area contributed by atoms with Gasteiger partial charge in [-0.15, -0.1) is 0 Å². The normalized spacial score (nSPS) is 12.8. The summed E-state index contributed by atoms with van der Waals surface area (Å²) in [6, 6.07) is 0. The van der Waals surface area contributed by atoms with Crippen LogP contribution in [-0.2, 0) is 19.1 Å². The molecule has 0 aliphatic rings. The fourth-order valence-electron chi connectivity index (χ4n) is 5.46. The number of esters is 1. The third kappa shape index (κ3) is 37.7. The summed E-state index contributed by atoms with van der Waals surface area (Å²) in [5, 5.41) is 11.1. The summed E-state index contributed by atoms with van der Waals surface area (Å²) in [6.07, 6.45) is 51.7. The molecule has 1 atom stereocenters. The van der Waals surface area contributed by atoms with Crippen LogP contribution in [0.3, 0.4) is 0 Å². The number of carbonyl (C=O) groups is 3. The molecule has 0 heterocycles. The molecule has 6 nitrogen and oxygen atoms in total. The average Bonchev–Trinajstić information content (AvgIpc) is 3.10. The highest BCUT2D eigenvalue weighted by molar-refractivity contribution is 5.80. The van der Waals surface area contributed by atoms with E-state index in [9.17, 15) is 14.4 Å². The van der Waals surface area contributed by atoms with E-state index in [1.54, 1.807) is 0 Å². The van der Waals surface area contributed by atoms with E-state index in [2.05, 4.69) is 92.1 Å². The molecular formula is C44H73NO5. The first-order chi connectivity index (χ1) is 24.5. The highest BCUT2D eigenvalue weighted by Gasteiger charge is 2.14. The number of hydrogen-bond acceptors (Lipinski definition) is 4. The Morgan fingerprint density at radius 3 is 1.48 bits per heavy atom. The minimum atomic E-state index is -1.02. The molecule has 1 unspecified atom stereocenters. The van der Waals surface area contributed by atoms with Crippen molar-refractivity contribution in [2.45, 2.75) is 180 Å². The second-order valence-corrected chi connectivity index (χ2v) is 13.2. The number of rotatable bonds is 35. The maximum absolute atomic E-state index is 12.7. The van der Waals surface area contributed by atoms with E-state index in [-0.39, 0.29) is 24.5 Å². The van der Waals surface area contributed by atoms with Gasteiger partial charge in [0, 0.05) is 12.8 Å². The summed E-state index contributed by atoms with van der Waals surface area (Å²) in [7, 11) is 0. The second-order valence-electron chi connectivity index (χ2n) is 13.2. The van der Waals surface area contributed by atoms with Crippen molar-refractivity contribution in [1.29, 1.82) is 0 Å². The van der Waals surface area contributed by atoms with E-state index in [0.29, 0.717) is 12.8 Å². The maximum Gasteiger partial charge on any atom is 0.322 e. The topological polar surface area (TPSA) is 92.7 Å². The first-order valence-corrected chi connectivity index (χ1v) is 20.1. The first kappa shape index (κ1) is 46.9. The number of carbonyl (C=O) groups excluding carboxylic acids is 2. The van der Waals surface area contributed by atoms with E-state index >= 15 is 0 Å². The van der Waals surface area contributed by atoms with Gasteiger partial charge in [0.1, 0.15) is 12.6 Å². The quantitative estimate of drug-likeness (QED) is 0.0391. The Bertz CT molecular complexity index is 990. The number of aliphatic carboxylic acids is 1. The van der Waals surface area contributed by atoms with Gasteiger partial charge in [-0.2, -0.15) is 0 Å². The molecular weight excluding hydrogens is 622 g/mol. The predicted molar refractivity (Wildman–Crippen MR) is 212 cm³/mol. The number of carboxylic acids is 1. The van der Waals surface area contributed by atoms with Crippen LogP contribution in [-0.4, -0.2) is 35.6 Å². The molecule has 0 fully saturated rings. The van der Waals surface area contributed by atoms with Crippen molar-refractivity contribution < 1.29 is 24.2 Å². The summed E-state index contributed by atoms with van der Waals surface area (Å²) < 4.78 is 5.96. The van der Waals surface area contributed by atoms with Crippen LogP contribution in [0.15, 0.2) is 72.9 Å². The third-order valence-corrected chi connectivity index (χ3v) is 8.39. The highest BCUT2D eigenvalue weighted by Crippen LogP contribution is 2.18. The smallest absolute Gasteiger partial charge is 0.322 e. The monoisotopic (exact) mass is 696 g/mol. The van der Waals surface area contributed by atoms with Crippen LogP contribution in [0, 0.1) is 0 Å². The van der Waals surface area contributed by atoms with Gasteiger partial charge in [-0.25, -0.2) is 0 Å². The molecule has 0 aliphatic heterocycles. The van der Waals surface area contributed by atoms with Gasteiger partial charge < -0.3 is 15.2 Å². The van der Waals surface area contributed by atoms with Crippen LogP contribution >= 0.6 is 0 Å². The minimum absolute atomic E-state index is 0.00306. The minimum Gasteiger partial charge on any atom is -0.480 e. The van der Waals surface area contributed by atoms with Gasteiger partial charge in [-0.1, -0.05) is 145 Å². The fourth-order valence-corrected chi connectivity index (χ4v) is 5.46. The lowest BCUT2D eigenvalue weighted by molar-refractivity contribution is -0.150. The summed E-state index contributed by atoms with van der Waals surface area (Å²) in [5.41, 5.74) is 0. The summed E-state index contributed by atoms with van der Waals surface area (Å²) in [5.74, 6) is -1.29. The average molecular weight is 696 g/mol. The number of allylic oxidation sites excluding steroid dienone is 12. The molecule has 0 saturated heterocycles. The molecule has 0 radical (unpaired) electrons. The molecule has 0 bridgehead atoms. The van der Waals surface area contributed by atoms with Crippen molar-refractivity contribution in [2.75, 3.05) is 6.54 Å². The van der Waals surface area contributed by atoms with Crippen LogP contribution in [0.25, 0.3) is 0 Å². The summed E-state index contributed by atoms with van der Waals surface area (Å²) in [4.78, 5) is 34.9. The Labute approximate surface area is 306 Å². The van der Waals surface area contributed by atoms with E-state index in [1.165, 1.54) is 38.5 Å². The molecule has 6 heteroatoms. The first-order valence-electron chi connectivity index (χ1n) is 20.1. The van der Waals surface area contributed by atoms with Crippen molar-refractivity contribution in [1.82, 2.24) is 5.32 Å². The summed E-state index contributed by atoms with van der Waals surface area (Å²) in [6.45, 7) is 4.08. The number of amides is 1. The molecule has 0 aromatic heterocycles. The number of nitrogens with one attached hydrogen (secondary N) is 1. The molecule has 0 saturated carbocycles. The lowest BCUT2D eigenvalue weighted by atomic mass is 10.0. The largest absolute Gasteiger partial charge is 0.480 e. The summed E-state index contributed by atoms with van der Waals surface area (Å²) >= 11 is 0. The molecule has 0 aromatic rings. The molecule has 0 aliphatic carbocycles. The standard InChI is InChI=1S/C44H73NO5/c1-3-5-7-9-11-12-13-14-15-16-17-18-19-20-21-22-23-24-26-31-35-39-44(49)50-41(36-32-28-25-10-8-6-4-2)37-33-29-27-30-34-38-42(46)45-40-43(47)48/h5,7,11-12,14-15,17-18,20-21,23-24,41H,3-4,6,8-10,13,16,19,22,25-40H2,1-2H3,(H,45,46)(H,47,48)/b7-5-,12-11-,15-14-,18-17-,21-20-,24-23-. The Hall–Kier alpha value is -3.15. The van der Waals surface area contributed by atoms with Gasteiger partial charge in [0.25, 0.3) is 0 Å². The van der Waals surface area contributed by atoms with Gasteiger partial charge in [-0.05, 0) is 89.9 Å². The van der Waals surface area contributed by atoms with E-state index in [4.69, 9.17) is 9.84 Å². The van der Waals surface area contributed by atoms with Crippen LogP contribution in [0.5, 0.6) is 0 Å². The Morgan fingerprint density at radius 2 is 0.980 bits per heavy atom. The predicted octanol–water partition coefficient (Wildman–Crippen LogP) is 12.2. The van der Waals surface area contributed by atoms with Crippen LogP contribution in [0.1, 0.15) is 174 Å². The second kappa shape index (κ2) is 38.6. The zero-order chi connectivity index (χ0) is 36.6. The molecule has 0 rings (SSSR count). The van der Waals surface area contributed by atoms with Crippen LogP contribution < -0.4 is 5.32 Å². The SMILES string of the molecule is CC/C=C\C/C=C\C/C=C\C/C=C\C/C=C\C/C=C\CCCCC(=O)OC(CCCCCCCCC)CCCCCCCC(=O)NCC(=O)O. The lowest BCUT2D eigenvalue weighted by Gasteiger charge is -2.18. The fraction of sp³-hybridized carbons (Fsp3) is 0.659. The Kier molecular flexibility index (Phi) is 36.2. The van der Waals surface area contributed by atoms with Crippen LogP contribution in [0.2, 0.25) is 0 Å². The van der Waals surface area contributed by atoms with Crippen molar-refractivity contribution in [2.24, 2.45) is 0 Å². The highest BCUT2D eigenvalue weighted by atomic mass is 16.5. The van der Waals surface area contributed by atoms with Gasteiger partial charge in [0.05, 0.1) is 0 Å². The van der Waals surface area contributed by atoms with E-state index in [1.807, 2.05) is 0 Å². The van der Waals surface area contributed by atoms with Gasteiger partial charge in [0.15, 0.2) is 0 Å². The van der Waals surface area contributed by atoms with Gasteiger partial charge >= 0.3 is 11.9 Å². The number of ether oxygens (including phenoxy) is 1. The molecule has 50 heavy (non-hydrogen) atoms. The number of carboxylic acid groups (broad SMARTS) is 1. The van der Waals surface area contributed by atoms with E-state index in [0.717, 1.165) is 109 Å². The maximum atomic E-state index is 12.7. The van der Waals surface area contributed by atoms with Gasteiger partial charge in [-0.3, -0.25) is 14.4 Å². The molecule has 0 aromatic carbocycles. The molecule has 0 spiro atoms. The van der Waals surface area contributed by atoms with Crippen molar-refractivity contribution in [3.05, 3.63) is 72.9 Å². The van der Waals surface area contributed by atoms with E-state index < -0.39 is 5.97 Å². The van der Waals surface area contributed by atoms with Gasteiger partial charge in [0.2, 0.25) is 5.91 Å². The Morgan fingerprint density at radius 1 is 0.540 bits per heavy atom. The Balaban J connectivity index is 4.14. The van der Waals surface area contributed by atoms with Crippen molar-refractivity contribution >= 4 is 17.8 Å². The number of unbranched alkanes of at least 4 members (excludes halogenated alkanes) is 12. The van der Waals surface area contributed by atoms with Crippen molar-refractivity contribution in [3.63, 3.8) is 0 Å². The lowest BCUT2D eigenvalue weighted by Crippen LogP contribution is -2.28. The molecule has 1 amide bonds. The van der Waals surface area contributed by atoms with Crippen molar-refractivity contribution in [3.8, 4) is 0 Å². The molecule has 284 valence electrons. The molecule has 2 N–H and O–H groups in total. The zero-order valence-electron chi connectivity index (χ0n) is 32.0. The van der Waals surface area contributed by atoms with Crippen LogP contribution in [0.4, 0.5) is 0 Å². The number of hydrogen-bond donors (Lipinski definition) is 2.